The first-order valence-electron chi connectivity index (χ1n) is 8.52. The Morgan fingerprint density at radius 1 is 1.17 bits per heavy atom. The van der Waals surface area contributed by atoms with Crippen molar-refractivity contribution in [2.24, 2.45) is 0 Å². The van der Waals surface area contributed by atoms with Crippen LogP contribution in [0.4, 0.5) is 17.6 Å². The fourth-order valence-electron chi connectivity index (χ4n) is 3.44. The molecule has 0 aliphatic carbocycles. The van der Waals surface area contributed by atoms with Gasteiger partial charge in [0.1, 0.15) is 5.82 Å². The molecule has 0 amide bonds. The molecule has 0 saturated heterocycles. The number of rotatable bonds is 2. The Hall–Kier alpha value is -2.59. The number of nitrogens with zero attached hydrogens (tertiary/aromatic N) is 1. The standard InChI is InChI=1S/C19H14F4N2O3S/c1-28-13-8-25-15-12(17(26)24-18(25)27)6-10(19(21,22)23)7-14(15)29-16(13)9-2-4-11(20)5-3-9/h2-7,13,16H,8H2,1H3,(H,24,26,27). The molecule has 152 valence electrons. The molecule has 5 nitrogen and oxygen atoms in total. The van der Waals surface area contributed by atoms with E-state index in [0.717, 1.165) is 23.9 Å². The fourth-order valence-corrected chi connectivity index (χ4v) is 4.88. The molecule has 0 spiro atoms. The highest BCUT2D eigenvalue weighted by Gasteiger charge is 2.35. The van der Waals surface area contributed by atoms with Gasteiger partial charge in [0.25, 0.3) is 5.56 Å². The normalized spacial score (nSPS) is 19.3. The number of alkyl halides is 3. The van der Waals surface area contributed by atoms with Crippen LogP contribution < -0.4 is 11.2 Å². The van der Waals surface area contributed by atoms with E-state index in [-0.39, 0.29) is 22.3 Å². The number of methoxy groups -OCH3 is 1. The van der Waals surface area contributed by atoms with Crippen molar-refractivity contribution >= 4 is 22.7 Å². The van der Waals surface area contributed by atoms with Crippen molar-refractivity contribution in [2.45, 2.75) is 29.0 Å². The summed E-state index contributed by atoms with van der Waals surface area (Å²) in [6.07, 6.45) is -5.28. The van der Waals surface area contributed by atoms with Gasteiger partial charge in [-0.2, -0.15) is 13.2 Å². The van der Waals surface area contributed by atoms with E-state index in [1.807, 2.05) is 0 Å². The Balaban J connectivity index is 2.00. The van der Waals surface area contributed by atoms with Crippen molar-refractivity contribution in [1.29, 1.82) is 0 Å². The molecule has 0 fully saturated rings. The van der Waals surface area contributed by atoms with Crippen LogP contribution in [0, 0.1) is 5.82 Å². The molecule has 2 unspecified atom stereocenters. The highest BCUT2D eigenvalue weighted by molar-refractivity contribution is 7.99. The van der Waals surface area contributed by atoms with Crippen LogP contribution in [-0.2, 0) is 17.5 Å². The van der Waals surface area contributed by atoms with Crippen LogP contribution in [0.15, 0.2) is 50.9 Å². The first-order chi connectivity index (χ1) is 13.7. The van der Waals surface area contributed by atoms with Crippen LogP contribution in [0.2, 0.25) is 0 Å². The second kappa shape index (κ2) is 7.03. The molecule has 1 aromatic heterocycles. The third kappa shape index (κ3) is 3.46. The van der Waals surface area contributed by atoms with Gasteiger partial charge in [-0.15, -0.1) is 11.8 Å². The average Bonchev–Trinajstić information content (AvgIpc) is 2.83. The fraction of sp³-hybridized carbons (Fsp3) is 0.263. The Morgan fingerprint density at radius 2 is 1.86 bits per heavy atom. The second-order valence-electron chi connectivity index (χ2n) is 6.60. The zero-order chi connectivity index (χ0) is 20.9. The van der Waals surface area contributed by atoms with Gasteiger partial charge < -0.3 is 4.74 Å². The van der Waals surface area contributed by atoms with Crippen LogP contribution in [0.1, 0.15) is 16.4 Å². The smallest absolute Gasteiger partial charge is 0.378 e. The lowest BCUT2D eigenvalue weighted by molar-refractivity contribution is -0.137. The number of aromatic nitrogens is 2. The Kier molecular flexibility index (Phi) is 4.78. The molecule has 0 bridgehead atoms. The molecule has 1 aliphatic heterocycles. The van der Waals surface area contributed by atoms with Gasteiger partial charge in [-0.05, 0) is 29.8 Å². The molecule has 2 aromatic carbocycles. The molecule has 0 saturated carbocycles. The minimum absolute atomic E-state index is 0.00994. The summed E-state index contributed by atoms with van der Waals surface area (Å²) in [5.74, 6) is -0.451. The molecule has 10 heteroatoms. The van der Waals surface area contributed by atoms with Gasteiger partial charge in [-0.1, -0.05) is 12.1 Å². The van der Waals surface area contributed by atoms with Gasteiger partial charge in [-0.3, -0.25) is 14.3 Å². The molecule has 2 atom stereocenters. The topological polar surface area (TPSA) is 64.1 Å². The number of hydrogen-bond donors (Lipinski definition) is 1. The third-order valence-electron chi connectivity index (χ3n) is 4.84. The van der Waals surface area contributed by atoms with E-state index in [2.05, 4.69) is 4.98 Å². The van der Waals surface area contributed by atoms with Crippen LogP contribution >= 0.6 is 11.8 Å². The monoisotopic (exact) mass is 426 g/mol. The highest BCUT2D eigenvalue weighted by atomic mass is 32.2. The van der Waals surface area contributed by atoms with Crippen LogP contribution in [0.3, 0.4) is 0 Å². The molecular formula is C19H14F4N2O3S. The summed E-state index contributed by atoms with van der Waals surface area (Å²) in [7, 11) is 1.42. The Bertz CT molecular complexity index is 1200. The number of H-pyrrole nitrogens is 1. The van der Waals surface area contributed by atoms with Gasteiger partial charge in [0.2, 0.25) is 0 Å². The van der Waals surface area contributed by atoms with Gasteiger partial charge in [0, 0.05) is 12.0 Å². The maximum Gasteiger partial charge on any atom is 0.416 e. The molecule has 4 rings (SSSR count). The van der Waals surface area contributed by atoms with Crippen molar-refractivity contribution in [1.82, 2.24) is 9.55 Å². The van der Waals surface area contributed by atoms with Crippen LogP contribution in [0.25, 0.3) is 10.9 Å². The maximum absolute atomic E-state index is 13.4. The minimum atomic E-state index is -4.67. The van der Waals surface area contributed by atoms with Crippen LogP contribution in [-0.4, -0.2) is 22.8 Å². The molecule has 1 N–H and O–H groups in total. The van der Waals surface area contributed by atoms with Gasteiger partial charge in [0.15, 0.2) is 0 Å². The first-order valence-corrected chi connectivity index (χ1v) is 9.40. The number of hydrogen-bond acceptors (Lipinski definition) is 4. The lowest BCUT2D eigenvalue weighted by Gasteiger charge is -2.24. The number of thioether (sulfide) groups is 1. The molecule has 2 heterocycles. The number of benzene rings is 2. The molecule has 0 radical (unpaired) electrons. The highest BCUT2D eigenvalue weighted by Crippen LogP contribution is 2.45. The molecule has 1 aliphatic rings. The van der Waals surface area contributed by atoms with E-state index in [9.17, 15) is 27.2 Å². The van der Waals surface area contributed by atoms with E-state index in [4.69, 9.17) is 4.74 Å². The summed E-state index contributed by atoms with van der Waals surface area (Å²) in [6.45, 7) is 0.00994. The summed E-state index contributed by atoms with van der Waals surface area (Å²) < 4.78 is 60.3. The van der Waals surface area contributed by atoms with Crippen molar-refractivity contribution in [3.8, 4) is 0 Å². The quantitative estimate of drug-likeness (QED) is 0.635. The van der Waals surface area contributed by atoms with Crippen molar-refractivity contribution in [3.05, 3.63) is 74.2 Å². The summed E-state index contributed by atoms with van der Waals surface area (Å²) in [5, 5.41) is -0.752. The van der Waals surface area contributed by atoms with Crippen LogP contribution in [0.5, 0.6) is 0 Å². The zero-order valence-corrected chi connectivity index (χ0v) is 15.7. The van der Waals surface area contributed by atoms with Gasteiger partial charge in [-0.25, -0.2) is 9.18 Å². The maximum atomic E-state index is 13.4. The van der Waals surface area contributed by atoms with Crippen molar-refractivity contribution in [2.75, 3.05) is 7.11 Å². The molecule has 29 heavy (non-hydrogen) atoms. The number of nitrogens with one attached hydrogen (secondary N) is 1. The number of aromatic amines is 1. The van der Waals surface area contributed by atoms with E-state index in [1.54, 1.807) is 0 Å². The number of ether oxygens (including phenoxy) is 1. The van der Waals surface area contributed by atoms with E-state index in [1.165, 1.54) is 35.9 Å². The lowest BCUT2D eigenvalue weighted by Crippen LogP contribution is -2.34. The summed E-state index contributed by atoms with van der Waals surface area (Å²) in [4.78, 5) is 26.9. The Labute approximate surface area is 165 Å². The Morgan fingerprint density at radius 3 is 2.48 bits per heavy atom. The first kappa shape index (κ1) is 19.7. The second-order valence-corrected chi connectivity index (χ2v) is 7.79. The largest absolute Gasteiger partial charge is 0.416 e. The van der Waals surface area contributed by atoms with Gasteiger partial charge in [0.05, 0.1) is 34.4 Å². The van der Waals surface area contributed by atoms with Crippen molar-refractivity contribution in [3.63, 3.8) is 0 Å². The SMILES string of the molecule is COC1Cn2c(=O)[nH]c(=O)c3cc(C(F)(F)F)cc(c32)SC1c1ccc(F)cc1. The minimum Gasteiger partial charge on any atom is -0.378 e. The van der Waals surface area contributed by atoms with E-state index in [0.29, 0.717) is 5.56 Å². The van der Waals surface area contributed by atoms with E-state index >= 15 is 0 Å². The zero-order valence-electron chi connectivity index (χ0n) is 14.9. The summed E-state index contributed by atoms with van der Waals surface area (Å²) >= 11 is 1.05. The molecular weight excluding hydrogens is 412 g/mol. The van der Waals surface area contributed by atoms with Crippen molar-refractivity contribution < 1.29 is 22.3 Å². The van der Waals surface area contributed by atoms with E-state index < -0.39 is 40.2 Å². The lowest BCUT2D eigenvalue weighted by atomic mass is 10.1. The number of halogens is 4. The summed E-state index contributed by atoms with van der Waals surface area (Å²) in [6, 6.07) is 7.21. The predicted molar refractivity (Wildman–Crippen MR) is 99.6 cm³/mol. The summed E-state index contributed by atoms with van der Waals surface area (Å²) in [5.41, 5.74) is -1.85. The van der Waals surface area contributed by atoms with Gasteiger partial charge >= 0.3 is 11.9 Å². The average molecular weight is 426 g/mol. The predicted octanol–water partition coefficient (Wildman–Crippen LogP) is 3.71. The third-order valence-corrected chi connectivity index (χ3v) is 6.23. The molecule has 3 aromatic rings.